The number of aryl methyl sites for hydroxylation is 1. The van der Waals surface area contributed by atoms with E-state index in [1.54, 1.807) is 25.3 Å². The fraction of sp³-hybridized carbons (Fsp3) is 0.286. The first-order valence-electron chi connectivity index (χ1n) is 3.52. The fourth-order valence-corrected chi connectivity index (χ4v) is 1.70. The van der Waals surface area contributed by atoms with Crippen molar-refractivity contribution in [2.45, 2.75) is 6.92 Å². The second-order valence-electron chi connectivity index (χ2n) is 2.51. The van der Waals surface area contributed by atoms with Crippen LogP contribution in [-0.2, 0) is 10.0 Å². The maximum atomic E-state index is 11.1. The number of anilines is 1. The van der Waals surface area contributed by atoms with Gasteiger partial charge in [-0.1, -0.05) is 15.9 Å². The van der Waals surface area contributed by atoms with Gasteiger partial charge in [0, 0.05) is 11.9 Å². The predicted octanol–water partition coefficient (Wildman–Crippen LogP) is 1.48. The van der Waals surface area contributed by atoms with Crippen LogP contribution in [-0.4, -0.2) is 18.1 Å². The second-order valence-corrected chi connectivity index (χ2v) is 5.54. The van der Waals surface area contributed by atoms with Crippen molar-refractivity contribution in [2.24, 2.45) is 0 Å². The Labute approximate surface area is 85.6 Å². The Bertz CT molecular complexity index is 391. The van der Waals surface area contributed by atoms with Crippen LogP contribution in [0.3, 0.4) is 0 Å². The van der Waals surface area contributed by atoms with Gasteiger partial charge in [0.2, 0.25) is 10.0 Å². The number of rotatable bonds is 3. The molecular formula is C7H9BrN2O2S. The minimum atomic E-state index is -3.25. The molecule has 72 valence electrons. The van der Waals surface area contributed by atoms with Crippen molar-refractivity contribution in [1.29, 1.82) is 0 Å². The molecule has 0 amide bonds. The van der Waals surface area contributed by atoms with Gasteiger partial charge in [0.1, 0.15) is 4.66 Å². The van der Waals surface area contributed by atoms with Crippen molar-refractivity contribution in [3.8, 4) is 0 Å². The van der Waals surface area contributed by atoms with E-state index in [0.29, 0.717) is 5.69 Å². The largest absolute Gasteiger partial charge is 0.283 e. The topological polar surface area (TPSA) is 59.1 Å². The molecule has 0 unspecified atom stereocenters. The van der Waals surface area contributed by atoms with Crippen LogP contribution < -0.4 is 4.72 Å². The van der Waals surface area contributed by atoms with Crippen molar-refractivity contribution in [3.05, 3.63) is 24.0 Å². The van der Waals surface area contributed by atoms with E-state index in [1.165, 1.54) is 0 Å². The Morgan fingerprint density at radius 2 is 2.31 bits per heavy atom. The zero-order valence-corrected chi connectivity index (χ0v) is 9.39. The number of pyridine rings is 1. The lowest BCUT2D eigenvalue weighted by Crippen LogP contribution is -2.13. The summed E-state index contributed by atoms with van der Waals surface area (Å²) in [7, 11) is -3.25. The molecule has 0 bridgehead atoms. The standard InChI is InChI=1S/C7H9BrN2O2S/c1-6-4-7(2-3-9-6)10-13(11,12)5-8/h2-4H,5H2,1H3,(H,9,10). The van der Waals surface area contributed by atoms with Crippen molar-refractivity contribution in [1.82, 2.24) is 4.98 Å². The van der Waals surface area contributed by atoms with E-state index in [1.807, 2.05) is 0 Å². The molecule has 1 N–H and O–H groups in total. The number of halogens is 1. The number of aromatic nitrogens is 1. The maximum Gasteiger partial charge on any atom is 0.242 e. The number of hydrogen-bond donors (Lipinski definition) is 1. The van der Waals surface area contributed by atoms with Crippen LogP contribution in [0.4, 0.5) is 5.69 Å². The summed E-state index contributed by atoms with van der Waals surface area (Å²) in [4.78, 5) is 3.95. The average molecular weight is 265 g/mol. The summed E-state index contributed by atoms with van der Waals surface area (Å²) in [5, 5.41) is 0. The summed E-state index contributed by atoms with van der Waals surface area (Å²) in [5.74, 6) is 0. The smallest absolute Gasteiger partial charge is 0.242 e. The van der Waals surface area contributed by atoms with Gasteiger partial charge in [-0.25, -0.2) is 8.42 Å². The Morgan fingerprint density at radius 3 is 2.85 bits per heavy atom. The lowest BCUT2D eigenvalue weighted by Gasteiger charge is -2.04. The first-order valence-corrected chi connectivity index (χ1v) is 6.30. The van der Waals surface area contributed by atoms with Crippen molar-refractivity contribution in [3.63, 3.8) is 0 Å². The molecule has 1 heterocycles. The molecule has 6 heteroatoms. The lowest BCUT2D eigenvalue weighted by atomic mass is 10.3. The molecule has 1 rings (SSSR count). The Hall–Kier alpha value is -0.620. The van der Waals surface area contributed by atoms with Gasteiger partial charge < -0.3 is 0 Å². The van der Waals surface area contributed by atoms with Crippen LogP contribution in [0, 0.1) is 6.92 Å². The van der Waals surface area contributed by atoms with Crippen LogP contribution in [0.15, 0.2) is 18.3 Å². The summed E-state index contributed by atoms with van der Waals surface area (Å²) in [6.45, 7) is 1.80. The highest BCUT2D eigenvalue weighted by molar-refractivity contribution is 9.10. The number of alkyl halides is 1. The van der Waals surface area contributed by atoms with Crippen molar-refractivity contribution < 1.29 is 8.42 Å². The van der Waals surface area contributed by atoms with E-state index >= 15 is 0 Å². The molecule has 0 spiro atoms. The maximum absolute atomic E-state index is 11.1. The molecule has 1 aromatic rings. The Morgan fingerprint density at radius 1 is 1.62 bits per heavy atom. The van der Waals surface area contributed by atoms with E-state index in [4.69, 9.17) is 0 Å². The van der Waals surface area contributed by atoms with Crippen molar-refractivity contribution >= 4 is 31.6 Å². The molecule has 0 fully saturated rings. The second kappa shape index (κ2) is 4.06. The Balaban J connectivity index is 2.87. The molecule has 0 saturated carbocycles. The third-order valence-electron chi connectivity index (χ3n) is 1.31. The first-order chi connectivity index (χ1) is 6.03. The highest BCUT2D eigenvalue weighted by atomic mass is 79.9. The van der Waals surface area contributed by atoms with Gasteiger partial charge in [0.15, 0.2) is 0 Å². The summed E-state index contributed by atoms with van der Waals surface area (Å²) >= 11 is 2.88. The molecule has 0 aromatic carbocycles. The summed E-state index contributed by atoms with van der Waals surface area (Å²) < 4.78 is 24.5. The zero-order chi connectivity index (χ0) is 9.90. The monoisotopic (exact) mass is 264 g/mol. The fourth-order valence-electron chi connectivity index (χ4n) is 0.816. The number of hydrogen-bond acceptors (Lipinski definition) is 3. The molecule has 0 atom stereocenters. The Kier molecular flexibility index (Phi) is 3.27. The van der Waals surface area contributed by atoms with Crippen LogP contribution in [0.1, 0.15) is 5.69 Å². The molecule has 1 aromatic heterocycles. The van der Waals surface area contributed by atoms with E-state index in [0.717, 1.165) is 5.69 Å². The minimum Gasteiger partial charge on any atom is -0.283 e. The van der Waals surface area contributed by atoms with Crippen LogP contribution in [0.5, 0.6) is 0 Å². The molecule has 0 saturated heterocycles. The van der Waals surface area contributed by atoms with Crippen molar-refractivity contribution in [2.75, 3.05) is 9.38 Å². The number of nitrogens with zero attached hydrogens (tertiary/aromatic N) is 1. The minimum absolute atomic E-state index is 0.110. The zero-order valence-electron chi connectivity index (χ0n) is 6.99. The van der Waals surface area contributed by atoms with Gasteiger partial charge >= 0.3 is 0 Å². The molecular weight excluding hydrogens is 256 g/mol. The van der Waals surface area contributed by atoms with Gasteiger partial charge in [-0.3, -0.25) is 9.71 Å². The van der Waals surface area contributed by atoms with Gasteiger partial charge in [-0.15, -0.1) is 0 Å². The summed E-state index contributed by atoms with van der Waals surface area (Å²) in [5.41, 5.74) is 1.31. The van der Waals surface area contributed by atoms with E-state index in [2.05, 4.69) is 25.6 Å². The predicted molar refractivity (Wildman–Crippen MR) is 55.3 cm³/mol. The third kappa shape index (κ3) is 3.31. The molecule has 0 aliphatic heterocycles. The van der Waals surface area contributed by atoms with E-state index < -0.39 is 10.0 Å². The highest BCUT2D eigenvalue weighted by Gasteiger charge is 2.06. The quantitative estimate of drug-likeness (QED) is 0.842. The molecule has 13 heavy (non-hydrogen) atoms. The highest BCUT2D eigenvalue weighted by Crippen LogP contribution is 2.10. The molecule has 0 aliphatic carbocycles. The summed E-state index contributed by atoms with van der Waals surface area (Å²) in [6.07, 6.45) is 1.56. The lowest BCUT2D eigenvalue weighted by molar-refractivity contribution is 0.606. The first kappa shape index (κ1) is 10.5. The SMILES string of the molecule is Cc1cc(NS(=O)(=O)CBr)ccn1. The van der Waals surface area contributed by atoms with E-state index in [9.17, 15) is 8.42 Å². The van der Waals surface area contributed by atoms with Gasteiger partial charge in [0.05, 0.1) is 5.69 Å². The summed E-state index contributed by atoms with van der Waals surface area (Å²) in [6, 6.07) is 3.27. The number of sulfonamides is 1. The van der Waals surface area contributed by atoms with E-state index in [-0.39, 0.29) is 4.66 Å². The van der Waals surface area contributed by atoms with Crippen LogP contribution in [0.2, 0.25) is 0 Å². The molecule has 0 aliphatic rings. The molecule has 4 nitrogen and oxygen atoms in total. The van der Waals surface area contributed by atoms with Crippen LogP contribution in [0.25, 0.3) is 0 Å². The van der Waals surface area contributed by atoms with Crippen LogP contribution >= 0.6 is 15.9 Å². The van der Waals surface area contributed by atoms with Gasteiger partial charge in [-0.05, 0) is 19.1 Å². The molecule has 0 radical (unpaired) electrons. The number of nitrogens with one attached hydrogen (secondary N) is 1. The van der Waals surface area contributed by atoms with Gasteiger partial charge in [0.25, 0.3) is 0 Å². The third-order valence-corrected chi connectivity index (χ3v) is 3.96. The van der Waals surface area contributed by atoms with Gasteiger partial charge in [-0.2, -0.15) is 0 Å². The average Bonchev–Trinajstić information content (AvgIpc) is 2.03. The normalized spacial score (nSPS) is 11.2.